The lowest BCUT2D eigenvalue weighted by atomic mass is 10.1. The molecule has 2 N–H and O–H groups in total. The SMILES string of the molecule is COC(=O)/C(=C\O)c1c[nH]c2ccccc12. The Kier molecular flexibility index (Phi) is 2.64. The maximum Gasteiger partial charge on any atom is 0.341 e. The molecule has 2 aromatic rings. The van der Waals surface area contributed by atoms with Crippen LogP contribution in [0.4, 0.5) is 0 Å². The number of methoxy groups -OCH3 is 1. The van der Waals surface area contributed by atoms with Crippen LogP contribution in [0, 0.1) is 0 Å². The van der Waals surface area contributed by atoms with Crippen molar-refractivity contribution in [3.05, 3.63) is 42.3 Å². The first-order valence-corrected chi connectivity index (χ1v) is 4.77. The molecule has 0 bridgehead atoms. The number of ether oxygens (including phenoxy) is 1. The van der Waals surface area contributed by atoms with Gasteiger partial charge in [-0.05, 0) is 6.07 Å². The molecule has 1 aromatic carbocycles. The van der Waals surface area contributed by atoms with E-state index in [0.29, 0.717) is 5.56 Å². The number of carbonyl (C=O) groups is 1. The number of aromatic nitrogens is 1. The van der Waals surface area contributed by atoms with Crippen molar-refractivity contribution in [1.82, 2.24) is 4.98 Å². The van der Waals surface area contributed by atoms with Gasteiger partial charge in [-0.15, -0.1) is 0 Å². The van der Waals surface area contributed by atoms with E-state index in [2.05, 4.69) is 9.72 Å². The highest BCUT2D eigenvalue weighted by Gasteiger charge is 2.16. The second kappa shape index (κ2) is 4.10. The van der Waals surface area contributed by atoms with Crippen LogP contribution in [0.3, 0.4) is 0 Å². The molecule has 0 aliphatic heterocycles. The van der Waals surface area contributed by atoms with Crippen LogP contribution in [0.25, 0.3) is 16.5 Å². The molecule has 0 spiro atoms. The molecule has 16 heavy (non-hydrogen) atoms. The van der Waals surface area contributed by atoms with Gasteiger partial charge in [0.2, 0.25) is 0 Å². The molecule has 0 atom stereocenters. The minimum absolute atomic E-state index is 0.139. The third kappa shape index (κ3) is 1.54. The predicted octanol–water partition coefficient (Wildman–Crippen LogP) is 2.24. The molecule has 1 aromatic heterocycles. The zero-order valence-electron chi connectivity index (χ0n) is 8.73. The Morgan fingerprint density at radius 2 is 2.19 bits per heavy atom. The molecular formula is C12H11NO3. The Balaban J connectivity index is 2.59. The smallest absolute Gasteiger partial charge is 0.341 e. The lowest BCUT2D eigenvalue weighted by Gasteiger charge is -2.01. The molecule has 0 amide bonds. The van der Waals surface area contributed by atoms with Gasteiger partial charge in [-0.2, -0.15) is 0 Å². The summed E-state index contributed by atoms with van der Waals surface area (Å²) >= 11 is 0. The van der Waals surface area contributed by atoms with Gasteiger partial charge in [0.15, 0.2) is 0 Å². The maximum atomic E-state index is 11.4. The molecule has 0 aliphatic rings. The van der Waals surface area contributed by atoms with E-state index in [0.717, 1.165) is 17.2 Å². The van der Waals surface area contributed by atoms with E-state index in [1.165, 1.54) is 7.11 Å². The van der Waals surface area contributed by atoms with Gasteiger partial charge in [-0.1, -0.05) is 18.2 Å². The molecule has 0 aliphatic carbocycles. The summed E-state index contributed by atoms with van der Waals surface area (Å²) in [7, 11) is 1.28. The number of aromatic amines is 1. The van der Waals surface area contributed by atoms with Crippen molar-refractivity contribution in [2.24, 2.45) is 0 Å². The van der Waals surface area contributed by atoms with Crippen LogP contribution in [0.2, 0.25) is 0 Å². The normalized spacial score (nSPS) is 11.7. The highest BCUT2D eigenvalue weighted by Crippen LogP contribution is 2.25. The number of rotatable bonds is 2. The molecule has 0 fully saturated rings. The average molecular weight is 217 g/mol. The summed E-state index contributed by atoms with van der Waals surface area (Å²) in [6.07, 6.45) is 2.44. The first-order chi connectivity index (χ1) is 7.77. The highest BCUT2D eigenvalue weighted by atomic mass is 16.5. The van der Waals surface area contributed by atoms with Crippen LogP contribution >= 0.6 is 0 Å². The van der Waals surface area contributed by atoms with E-state index in [9.17, 15) is 4.79 Å². The quantitative estimate of drug-likeness (QED) is 0.460. The van der Waals surface area contributed by atoms with Crippen LogP contribution in [0.5, 0.6) is 0 Å². The molecular weight excluding hydrogens is 206 g/mol. The van der Waals surface area contributed by atoms with Gasteiger partial charge in [0, 0.05) is 22.7 Å². The summed E-state index contributed by atoms with van der Waals surface area (Å²) in [6, 6.07) is 7.52. The minimum Gasteiger partial charge on any atom is -0.515 e. The molecule has 1 heterocycles. The number of hydrogen-bond donors (Lipinski definition) is 2. The van der Waals surface area contributed by atoms with E-state index in [-0.39, 0.29) is 5.57 Å². The number of aliphatic hydroxyl groups excluding tert-OH is 1. The van der Waals surface area contributed by atoms with Crippen molar-refractivity contribution in [1.29, 1.82) is 0 Å². The number of esters is 1. The molecule has 2 rings (SSSR count). The van der Waals surface area contributed by atoms with Crippen LogP contribution in [0.15, 0.2) is 36.7 Å². The molecule has 4 nitrogen and oxygen atoms in total. The summed E-state index contributed by atoms with van der Waals surface area (Å²) < 4.78 is 4.59. The molecule has 4 heteroatoms. The van der Waals surface area contributed by atoms with Gasteiger partial charge >= 0.3 is 5.97 Å². The van der Waals surface area contributed by atoms with Gasteiger partial charge < -0.3 is 14.8 Å². The van der Waals surface area contributed by atoms with E-state index in [1.807, 2.05) is 24.3 Å². The summed E-state index contributed by atoms with van der Waals surface area (Å²) in [5, 5.41) is 9.95. The van der Waals surface area contributed by atoms with Crippen molar-refractivity contribution in [2.45, 2.75) is 0 Å². The number of aliphatic hydroxyl groups is 1. The Morgan fingerprint density at radius 3 is 2.88 bits per heavy atom. The number of H-pyrrole nitrogens is 1. The zero-order chi connectivity index (χ0) is 11.5. The first-order valence-electron chi connectivity index (χ1n) is 4.77. The molecule has 0 radical (unpaired) electrons. The predicted molar refractivity (Wildman–Crippen MR) is 60.9 cm³/mol. The van der Waals surface area contributed by atoms with Crippen LogP contribution < -0.4 is 0 Å². The number of para-hydroxylation sites is 1. The minimum atomic E-state index is -0.563. The standard InChI is InChI=1S/C12H11NO3/c1-16-12(15)10(7-14)9-6-13-11-5-3-2-4-8(9)11/h2-7,13-14H,1H3/b10-7-. The largest absolute Gasteiger partial charge is 0.515 e. The van der Waals surface area contributed by atoms with E-state index in [1.54, 1.807) is 6.20 Å². The topological polar surface area (TPSA) is 62.3 Å². The fourth-order valence-electron chi connectivity index (χ4n) is 1.64. The van der Waals surface area contributed by atoms with Crippen LogP contribution in [-0.4, -0.2) is 23.2 Å². The lowest BCUT2D eigenvalue weighted by molar-refractivity contribution is -0.133. The molecule has 0 saturated carbocycles. The van der Waals surface area contributed by atoms with Crippen LogP contribution in [-0.2, 0) is 9.53 Å². The lowest BCUT2D eigenvalue weighted by Crippen LogP contribution is -2.03. The molecule has 82 valence electrons. The number of fused-ring (bicyclic) bond motifs is 1. The second-order valence-corrected chi connectivity index (χ2v) is 3.28. The Morgan fingerprint density at radius 1 is 1.44 bits per heavy atom. The van der Waals surface area contributed by atoms with E-state index in [4.69, 9.17) is 5.11 Å². The van der Waals surface area contributed by atoms with E-state index < -0.39 is 5.97 Å². The third-order valence-electron chi connectivity index (χ3n) is 2.41. The summed E-state index contributed by atoms with van der Waals surface area (Å²) in [6.45, 7) is 0. The number of benzene rings is 1. The molecule has 0 unspecified atom stereocenters. The van der Waals surface area contributed by atoms with E-state index >= 15 is 0 Å². The summed E-state index contributed by atoms with van der Waals surface area (Å²) in [4.78, 5) is 14.4. The summed E-state index contributed by atoms with van der Waals surface area (Å²) in [5.74, 6) is -0.563. The monoisotopic (exact) mass is 217 g/mol. The second-order valence-electron chi connectivity index (χ2n) is 3.28. The van der Waals surface area contributed by atoms with Gasteiger partial charge in [-0.25, -0.2) is 4.79 Å². The fraction of sp³-hybridized carbons (Fsp3) is 0.0833. The maximum absolute atomic E-state index is 11.4. The first kappa shape index (κ1) is 10.3. The number of carbonyl (C=O) groups excluding carboxylic acids is 1. The van der Waals surface area contributed by atoms with Crippen molar-refractivity contribution in [3.8, 4) is 0 Å². The average Bonchev–Trinajstić information content (AvgIpc) is 2.74. The number of hydrogen-bond acceptors (Lipinski definition) is 3. The van der Waals surface area contributed by atoms with Crippen molar-refractivity contribution < 1.29 is 14.6 Å². The molecule has 0 saturated heterocycles. The fourth-order valence-corrected chi connectivity index (χ4v) is 1.64. The Hall–Kier alpha value is -2.23. The van der Waals surface area contributed by atoms with Gasteiger partial charge in [0.05, 0.1) is 13.4 Å². The van der Waals surface area contributed by atoms with Crippen LogP contribution in [0.1, 0.15) is 5.56 Å². The van der Waals surface area contributed by atoms with Gasteiger partial charge in [-0.3, -0.25) is 0 Å². The van der Waals surface area contributed by atoms with Gasteiger partial charge in [0.25, 0.3) is 0 Å². The Bertz CT molecular complexity index is 554. The van der Waals surface area contributed by atoms with Crippen molar-refractivity contribution in [3.63, 3.8) is 0 Å². The summed E-state index contributed by atoms with van der Waals surface area (Å²) in [5.41, 5.74) is 1.67. The Labute approximate surface area is 92.2 Å². The third-order valence-corrected chi connectivity index (χ3v) is 2.41. The van der Waals surface area contributed by atoms with Gasteiger partial charge in [0.1, 0.15) is 5.57 Å². The van der Waals surface area contributed by atoms with Crippen molar-refractivity contribution in [2.75, 3.05) is 7.11 Å². The highest BCUT2D eigenvalue weighted by molar-refractivity contribution is 6.19. The zero-order valence-corrected chi connectivity index (χ0v) is 8.73. The number of nitrogens with one attached hydrogen (secondary N) is 1. The van der Waals surface area contributed by atoms with Crippen molar-refractivity contribution >= 4 is 22.4 Å².